The summed E-state index contributed by atoms with van der Waals surface area (Å²) in [5, 5.41) is 10.2. The van der Waals surface area contributed by atoms with Gasteiger partial charge in [-0.2, -0.15) is 13.2 Å². The van der Waals surface area contributed by atoms with Gasteiger partial charge in [0.15, 0.2) is 0 Å². The molecule has 2 rings (SSSR count). The number of benzene rings is 1. The maximum Gasteiger partial charge on any atom is 0.416 e. The molecule has 0 aliphatic carbocycles. The first kappa shape index (κ1) is 16.5. The van der Waals surface area contributed by atoms with Gasteiger partial charge in [-0.15, -0.1) is 11.3 Å². The average Bonchev–Trinajstić information content (AvgIpc) is 2.85. The van der Waals surface area contributed by atoms with Crippen molar-refractivity contribution >= 4 is 27.3 Å². The highest BCUT2D eigenvalue weighted by Crippen LogP contribution is 2.35. The Morgan fingerprint density at radius 2 is 1.86 bits per heavy atom. The van der Waals surface area contributed by atoms with E-state index >= 15 is 0 Å². The van der Waals surface area contributed by atoms with Gasteiger partial charge in [-0.3, -0.25) is 0 Å². The van der Waals surface area contributed by atoms with Gasteiger partial charge in [-0.05, 0) is 42.3 Å². The minimum Gasteiger partial charge on any atom is -0.388 e. The predicted molar refractivity (Wildman–Crippen MR) is 81.5 cm³/mol. The smallest absolute Gasteiger partial charge is 0.388 e. The van der Waals surface area contributed by atoms with E-state index in [1.54, 1.807) is 11.3 Å². The van der Waals surface area contributed by atoms with Crippen molar-refractivity contribution in [2.45, 2.75) is 32.0 Å². The number of alkyl halides is 3. The summed E-state index contributed by atoms with van der Waals surface area (Å²) >= 11 is 4.78. The summed E-state index contributed by atoms with van der Waals surface area (Å²) in [6, 6.07) is 7.22. The Balaban J connectivity index is 2.23. The second kappa shape index (κ2) is 6.50. The number of aliphatic hydroxyl groups excluding tert-OH is 1. The van der Waals surface area contributed by atoms with Gasteiger partial charge in [-0.25, -0.2) is 0 Å². The number of halogens is 4. The van der Waals surface area contributed by atoms with Gasteiger partial charge in [0.2, 0.25) is 0 Å². The average molecular weight is 379 g/mol. The van der Waals surface area contributed by atoms with Crippen LogP contribution in [0.4, 0.5) is 13.2 Å². The lowest BCUT2D eigenvalue weighted by Crippen LogP contribution is -2.08. The number of rotatable bonds is 4. The predicted octanol–water partition coefficient (Wildman–Crippen LogP) is 5.37. The Kier molecular flexibility index (Phi) is 5.11. The Morgan fingerprint density at radius 1 is 1.19 bits per heavy atom. The normalized spacial score (nSPS) is 13.4. The summed E-state index contributed by atoms with van der Waals surface area (Å²) in [6.45, 7) is 2.04. The fourth-order valence-corrected chi connectivity index (χ4v) is 3.50. The minimum atomic E-state index is -4.41. The molecule has 0 saturated heterocycles. The summed E-state index contributed by atoms with van der Waals surface area (Å²) in [4.78, 5) is 2.16. The van der Waals surface area contributed by atoms with Gasteiger partial charge in [-0.1, -0.05) is 22.9 Å². The zero-order valence-corrected chi connectivity index (χ0v) is 13.6. The molecule has 0 bridgehead atoms. The molecule has 21 heavy (non-hydrogen) atoms. The molecule has 0 amide bonds. The number of thiophene rings is 1. The molecule has 1 N–H and O–H groups in total. The molecule has 0 fully saturated rings. The van der Waals surface area contributed by atoms with Crippen LogP contribution in [0.1, 0.15) is 33.9 Å². The van der Waals surface area contributed by atoms with E-state index in [9.17, 15) is 18.3 Å². The van der Waals surface area contributed by atoms with Gasteiger partial charge in [0, 0.05) is 20.6 Å². The van der Waals surface area contributed by atoms with Crippen LogP contribution in [0.5, 0.6) is 0 Å². The number of hydrogen-bond donors (Lipinski definition) is 1. The molecule has 6 heteroatoms. The maximum absolute atomic E-state index is 12.7. The molecular weight excluding hydrogens is 365 g/mol. The van der Waals surface area contributed by atoms with Crippen molar-refractivity contribution in [2.75, 3.05) is 0 Å². The van der Waals surface area contributed by atoms with Crippen LogP contribution in [0, 0.1) is 0 Å². The Bertz CT molecular complexity index is 622. The Hall–Kier alpha value is -0.850. The summed E-state index contributed by atoms with van der Waals surface area (Å²) < 4.78 is 38.7. The van der Waals surface area contributed by atoms with Crippen LogP contribution < -0.4 is 0 Å². The lowest BCUT2D eigenvalue weighted by Gasteiger charge is -2.15. The molecular formula is C15H14BrF3OS. The molecule has 1 aromatic heterocycles. The first-order valence-electron chi connectivity index (χ1n) is 6.43. The fourth-order valence-electron chi connectivity index (χ4n) is 2.00. The Morgan fingerprint density at radius 3 is 2.43 bits per heavy atom. The Labute approximate surface area is 133 Å². The van der Waals surface area contributed by atoms with Crippen LogP contribution >= 0.6 is 27.3 Å². The van der Waals surface area contributed by atoms with Gasteiger partial charge in [0.1, 0.15) is 0 Å². The van der Waals surface area contributed by atoms with Crippen molar-refractivity contribution in [1.82, 2.24) is 0 Å². The van der Waals surface area contributed by atoms with Crippen molar-refractivity contribution < 1.29 is 18.3 Å². The van der Waals surface area contributed by atoms with Crippen LogP contribution in [0.25, 0.3) is 0 Å². The van der Waals surface area contributed by atoms with E-state index in [0.717, 1.165) is 23.4 Å². The van der Waals surface area contributed by atoms with E-state index in [2.05, 4.69) is 15.9 Å². The minimum absolute atomic E-state index is 0.260. The molecule has 114 valence electrons. The highest BCUT2D eigenvalue weighted by molar-refractivity contribution is 9.10. The quantitative estimate of drug-likeness (QED) is 0.758. The summed E-state index contributed by atoms with van der Waals surface area (Å²) in [5.74, 6) is 0. The van der Waals surface area contributed by atoms with Crippen LogP contribution in [-0.4, -0.2) is 5.11 Å². The number of aryl methyl sites for hydroxylation is 1. The molecule has 0 radical (unpaired) electrons. The highest BCUT2D eigenvalue weighted by atomic mass is 79.9. The van der Waals surface area contributed by atoms with Gasteiger partial charge in [0.05, 0.1) is 11.7 Å². The zero-order chi connectivity index (χ0) is 15.6. The van der Waals surface area contributed by atoms with Crippen molar-refractivity contribution in [1.29, 1.82) is 0 Å². The van der Waals surface area contributed by atoms with Crippen LogP contribution in [0.15, 0.2) is 34.8 Å². The lowest BCUT2D eigenvalue weighted by molar-refractivity contribution is -0.137. The topological polar surface area (TPSA) is 20.2 Å². The van der Waals surface area contributed by atoms with Crippen LogP contribution in [0.3, 0.4) is 0 Å². The third kappa shape index (κ3) is 4.08. The van der Waals surface area contributed by atoms with Gasteiger partial charge < -0.3 is 5.11 Å². The van der Waals surface area contributed by atoms with E-state index < -0.39 is 17.8 Å². The molecule has 0 aliphatic rings. The van der Waals surface area contributed by atoms with E-state index in [1.165, 1.54) is 10.9 Å². The standard InChI is InChI=1S/C15H14BrF3OS/c1-2-10-4-5-11(21-10)8-14(20)12-7-9(15(17,18)19)3-6-13(12)16/h3-7,14,20H,2,8H2,1H3. The largest absolute Gasteiger partial charge is 0.416 e. The van der Waals surface area contributed by atoms with Crippen molar-refractivity contribution in [3.05, 3.63) is 55.7 Å². The number of hydrogen-bond acceptors (Lipinski definition) is 2. The lowest BCUT2D eigenvalue weighted by atomic mass is 10.0. The molecule has 1 unspecified atom stereocenters. The molecule has 1 nitrogen and oxygen atoms in total. The molecule has 1 atom stereocenters. The first-order chi connectivity index (χ1) is 9.81. The van der Waals surface area contributed by atoms with Crippen molar-refractivity contribution in [3.8, 4) is 0 Å². The monoisotopic (exact) mass is 378 g/mol. The van der Waals surface area contributed by atoms with Gasteiger partial charge >= 0.3 is 6.18 Å². The van der Waals surface area contributed by atoms with Gasteiger partial charge in [0.25, 0.3) is 0 Å². The maximum atomic E-state index is 12.7. The molecule has 2 aromatic rings. The third-order valence-corrected chi connectivity index (χ3v) is 5.12. The van der Waals surface area contributed by atoms with E-state index in [4.69, 9.17) is 0 Å². The SMILES string of the molecule is CCc1ccc(CC(O)c2cc(C(F)(F)F)ccc2Br)s1. The molecule has 0 saturated carbocycles. The fraction of sp³-hybridized carbons (Fsp3) is 0.333. The molecule has 1 aromatic carbocycles. The molecule has 0 spiro atoms. The second-order valence-corrected chi connectivity index (χ2v) is 6.78. The van der Waals surface area contributed by atoms with E-state index in [-0.39, 0.29) is 5.56 Å². The third-order valence-electron chi connectivity index (χ3n) is 3.14. The highest BCUT2D eigenvalue weighted by Gasteiger charge is 2.31. The summed E-state index contributed by atoms with van der Waals surface area (Å²) in [7, 11) is 0. The van der Waals surface area contributed by atoms with E-state index in [1.807, 2.05) is 19.1 Å². The number of aliphatic hydroxyl groups is 1. The first-order valence-corrected chi connectivity index (χ1v) is 8.04. The van der Waals surface area contributed by atoms with Crippen molar-refractivity contribution in [2.24, 2.45) is 0 Å². The summed E-state index contributed by atoms with van der Waals surface area (Å²) in [5.41, 5.74) is -0.489. The molecule has 0 aliphatic heterocycles. The van der Waals surface area contributed by atoms with E-state index in [0.29, 0.717) is 10.9 Å². The molecule has 1 heterocycles. The van der Waals surface area contributed by atoms with Crippen molar-refractivity contribution in [3.63, 3.8) is 0 Å². The summed E-state index contributed by atoms with van der Waals surface area (Å²) in [6.07, 6.45) is -4.16. The van der Waals surface area contributed by atoms with Crippen LogP contribution in [-0.2, 0) is 19.0 Å². The second-order valence-electron chi connectivity index (χ2n) is 4.68. The van der Waals surface area contributed by atoms with Crippen LogP contribution in [0.2, 0.25) is 0 Å². The zero-order valence-electron chi connectivity index (χ0n) is 11.2.